The Hall–Kier alpha value is -1.36. The number of benzene rings is 1. The summed E-state index contributed by atoms with van der Waals surface area (Å²) in [5.41, 5.74) is 2.26. The van der Waals surface area contributed by atoms with Gasteiger partial charge < -0.3 is 4.42 Å². The number of sulfone groups is 1. The zero-order valence-electron chi connectivity index (χ0n) is 9.23. The minimum Gasteiger partial charge on any atom is -0.428 e. The van der Waals surface area contributed by atoms with E-state index in [0.29, 0.717) is 11.1 Å². The Morgan fingerprint density at radius 3 is 2.75 bits per heavy atom. The molecule has 0 unspecified atom stereocenters. The van der Waals surface area contributed by atoms with Gasteiger partial charge in [0, 0.05) is 6.26 Å². The van der Waals surface area contributed by atoms with Crippen molar-refractivity contribution < 1.29 is 12.8 Å². The quantitative estimate of drug-likeness (QED) is 0.823. The van der Waals surface area contributed by atoms with Gasteiger partial charge in [-0.1, -0.05) is 19.4 Å². The lowest BCUT2D eigenvalue weighted by atomic mass is 10.1. The van der Waals surface area contributed by atoms with E-state index in [9.17, 15) is 8.42 Å². The predicted octanol–water partition coefficient (Wildman–Crippen LogP) is 2.18. The zero-order valence-corrected chi connectivity index (χ0v) is 10.0. The van der Waals surface area contributed by atoms with Crippen molar-refractivity contribution in [1.82, 2.24) is 4.98 Å². The van der Waals surface area contributed by atoms with E-state index in [-0.39, 0.29) is 5.22 Å². The van der Waals surface area contributed by atoms with Crippen molar-refractivity contribution >= 4 is 20.9 Å². The number of hydrogen-bond donors (Lipinski definition) is 0. The number of rotatable bonds is 3. The van der Waals surface area contributed by atoms with Gasteiger partial charge in [-0.3, -0.25) is 0 Å². The highest BCUT2D eigenvalue weighted by molar-refractivity contribution is 7.90. The Morgan fingerprint density at radius 1 is 1.38 bits per heavy atom. The molecule has 0 aliphatic heterocycles. The van der Waals surface area contributed by atoms with Crippen LogP contribution in [0.25, 0.3) is 11.1 Å². The number of fused-ring (bicyclic) bond motifs is 1. The van der Waals surface area contributed by atoms with Crippen LogP contribution in [-0.4, -0.2) is 19.7 Å². The van der Waals surface area contributed by atoms with Crippen molar-refractivity contribution in [2.45, 2.75) is 25.0 Å². The first-order chi connectivity index (χ1) is 7.50. The van der Waals surface area contributed by atoms with E-state index in [4.69, 9.17) is 4.42 Å². The summed E-state index contributed by atoms with van der Waals surface area (Å²) < 4.78 is 27.7. The van der Waals surface area contributed by atoms with E-state index in [2.05, 4.69) is 11.9 Å². The minimum absolute atomic E-state index is 0.212. The van der Waals surface area contributed by atoms with Crippen molar-refractivity contribution in [3.8, 4) is 0 Å². The van der Waals surface area contributed by atoms with E-state index in [1.807, 2.05) is 12.1 Å². The van der Waals surface area contributed by atoms with Gasteiger partial charge in [0.15, 0.2) is 5.58 Å². The topological polar surface area (TPSA) is 60.2 Å². The van der Waals surface area contributed by atoms with Crippen LogP contribution in [0.4, 0.5) is 0 Å². The summed E-state index contributed by atoms with van der Waals surface area (Å²) in [5, 5.41) is -0.212. The molecule has 5 heteroatoms. The van der Waals surface area contributed by atoms with Crippen LogP contribution >= 0.6 is 0 Å². The highest BCUT2D eigenvalue weighted by atomic mass is 32.2. The van der Waals surface area contributed by atoms with Gasteiger partial charge in [-0.15, -0.1) is 0 Å². The third-order valence-corrected chi connectivity index (χ3v) is 3.10. The number of hydrogen-bond acceptors (Lipinski definition) is 4. The van der Waals surface area contributed by atoms with E-state index < -0.39 is 9.84 Å². The smallest absolute Gasteiger partial charge is 0.315 e. The largest absolute Gasteiger partial charge is 0.428 e. The first kappa shape index (κ1) is 11.1. The highest BCUT2D eigenvalue weighted by Gasteiger charge is 2.15. The zero-order chi connectivity index (χ0) is 11.8. The first-order valence-corrected chi connectivity index (χ1v) is 6.99. The van der Waals surface area contributed by atoms with Gasteiger partial charge in [0.25, 0.3) is 0 Å². The molecule has 16 heavy (non-hydrogen) atoms. The summed E-state index contributed by atoms with van der Waals surface area (Å²) >= 11 is 0. The second-order valence-corrected chi connectivity index (χ2v) is 5.70. The molecular weight excluding hydrogens is 226 g/mol. The molecule has 1 aromatic heterocycles. The van der Waals surface area contributed by atoms with Gasteiger partial charge in [0.2, 0.25) is 9.84 Å². The Kier molecular flexibility index (Phi) is 2.71. The van der Waals surface area contributed by atoms with Gasteiger partial charge >= 0.3 is 5.22 Å². The first-order valence-electron chi connectivity index (χ1n) is 5.10. The lowest BCUT2D eigenvalue weighted by molar-refractivity contribution is 0.461. The SMILES string of the molecule is CCCc1ccc2oc(S(C)(=O)=O)nc2c1. The normalized spacial score (nSPS) is 12.1. The van der Waals surface area contributed by atoms with Crippen LogP contribution in [0.1, 0.15) is 18.9 Å². The maximum Gasteiger partial charge on any atom is 0.315 e. The van der Waals surface area contributed by atoms with Crippen LogP contribution in [0.2, 0.25) is 0 Å². The van der Waals surface area contributed by atoms with E-state index in [1.165, 1.54) is 0 Å². The molecule has 1 heterocycles. The van der Waals surface area contributed by atoms with Gasteiger partial charge in [0.05, 0.1) is 0 Å². The van der Waals surface area contributed by atoms with Crippen LogP contribution in [0.5, 0.6) is 0 Å². The molecule has 0 radical (unpaired) electrons. The second-order valence-electron chi connectivity index (χ2n) is 3.80. The summed E-state index contributed by atoms with van der Waals surface area (Å²) in [7, 11) is -3.37. The monoisotopic (exact) mass is 239 g/mol. The Morgan fingerprint density at radius 2 is 2.12 bits per heavy atom. The molecule has 0 fully saturated rings. The van der Waals surface area contributed by atoms with Crippen molar-refractivity contribution in [1.29, 1.82) is 0 Å². The van der Waals surface area contributed by atoms with Gasteiger partial charge in [-0.05, 0) is 24.1 Å². The van der Waals surface area contributed by atoms with Crippen LogP contribution in [-0.2, 0) is 16.3 Å². The maximum atomic E-state index is 11.3. The van der Waals surface area contributed by atoms with Crippen LogP contribution in [0.3, 0.4) is 0 Å². The fourth-order valence-electron chi connectivity index (χ4n) is 1.55. The fourth-order valence-corrected chi connectivity index (χ4v) is 2.06. The summed E-state index contributed by atoms with van der Waals surface area (Å²) in [4.78, 5) is 3.97. The number of aryl methyl sites for hydroxylation is 1. The van der Waals surface area contributed by atoms with Crippen molar-refractivity contribution in [3.05, 3.63) is 23.8 Å². The van der Waals surface area contributed by atoms with E-state index >= 15 is 0 Å². The van der Waals surface area contributed by atoms with Gasteiger partial charge in [0.1, 0.15) is 5.52 Å². The molecule has 0 saturated carbocycles. The molecule has 0 saturated heterocycles. The highest BCUT2D eigenvalue weighted by Crippen LogP contribution is 2.20. The predicted molar refractivity (Wildman–Crippen MR) is 61.1 cm³/mol. The molecule has 2 aromatic rings. The molecule has 86 valence electrons. The Labute approximate surface area is 94.2 Å². The molecule has 0 amide bonds. The van der Waals surface area contributed by atoms with Crippen molar-refractivity contribution in [2.75, 3.05) is 6.26 Å². The lowest BCUT2D eigenvalue weighted by Gasteiger charge is -1.95. The van der Waals surface area contributed by atoms with Gasteiger partial charge in [-0.25, -0.2) is 8.42 Å². The maximum absolute atomic E-state index is 11.3. The number of aromatic nitrogens is 1. The average molecular weight is 239 g/mol. The molecule has 0 atom stereocenters. The van der Waals surface area contributed by atoms with E-state index in [0.717, 1.165) is 24.7 Å². The van der Waals surface area contributed by atoms with Gasteiger partial charge in [-0.2, -0.15) is 4.98 Å². The third kappa shape index (κ3) is 2.09. The number of oxazole rings is 1. The molecular formula is C11H13NO3S. The molecule has 0 spiro atoms. The summed E-state index contributed by atoms with van der Waals surface area (Å²) in [6, 6.07) is 5.57. The second kappa shape index (κ2) is 3.90. The molecule has 0 N–H and O–H groups in total. The summed E-state index contributed by atoms with van der Waals surface area (Å²) in [6.45, 7) is 2.09. The molecule has 0 aliphatic rings. The van der Waals surface area contributed by atoms with Crippen LogP contribution < -0.4 is 0 Å². The fraction of sp³-hybridized carbons (Fsp3) is 0.364. The van der Waals surface area contributed by atoms with Crippen molar-refractivity contribution in [3.63, 3.8) is 0 Å². The number of nitrogens with zero attached hydrogens (tertiary/aromatic N) is 1. The summed E-state index contributed by atoms with van der Waals surface area (Å²) in [6.07, 6.45) is 3.09. The third-order valence-electron chi connectivity index (χ3n) is 2.29. The van der Waals surface area contributed by atoms with Crippen LogP contribution in [0, 0.1) is 0 Å². The standard InChI is InChI=1S/C11H13NO3S/c1-3-4-8-5-6-10-9(7-8)12-11(15-10)16(2,13)14/h5-7H,3-4H2,1-2H3. The molecule has 0 aliphatic carbocycles. The lowest BCUT2D eigenvalue weighted by Crippen LogP contribution is -1.96. The van der Waals surface area contributed by atoms with E-state index in [1.54, 1.807) is 6.07 Å². The Balaban J connectivity index is 2.54. The van der Waals surface area contributed by atoms with Crippen LogP contribution in [0.15, 0.2) is 27.8 Å². The Bertz CT molecular complexity index is 613. The minimum atomic E-state index is -3.37. The van der Waals surface area contributed by atoms with Crippen molar-refractivity contribution in [2.24, 2.45) is 0 Å². The average Bonchev–Trinajstić information content (AvgIpc) is 2.60. The molecule has 0 bridgehead atoms. The molecule has 4 nitrogen and oxygen atoms in total. The molecule has 2 rings (SSSR count). The molecule has 1 aromatic carbocycles. The summed E-state index contributed by atoms with van der Waals surface area (Å²) in [5.74, 6) is 0.